The van der Waals surface area contributed by atoms with E-state index in [1.165, 1.54) is 6.42 Å². The maximum absolute atomic E-state index is 2.47. The topological polar surface area (TPSA) is 0 Å². The highest BCUT2D eigenvalue weighted by Crippen LogP contribution is 2.70. The third-order valence-corrected chi connectivity index (χ3v) is 6.50. The van der Waals surface area contributed by atoms with Crippen molar-refractivity contribution in [2.24, 2.45) is 10.8 Å². The largest absolute Gasteiger partial charge is 0.102 e. The standard InChI is InChI=1S/C12H25P/c1-9-10(13(9)7)12(5,6)8-11(2,3)4/h9-10H,8H2,1-7H3. The zero-order valence-corrected chi connectivity index (χ0v) is 11.2. The Bertz CT molecular complexity index is 180. The molecule has 0 aromatic carbocycles. The zero-order valence-electron chi connectivity index (χ0n) is 10.3. The summed E-state index contributed by atoms with van der Waals surface area (Å²) in [6, 6.07) is 0. The van der Waals surface area contributed by atoms with E-state index in [4.69, 9.17) is 0 Å². The van der Waals surface area contributed by atoms with Crippen LogP contribution in [0, 0.1) is 10.8 Å². The monoisotopic (exact) mass is 200 g/mol. The summed E-state index contributed by atoms with van der Waals surface area (Å²) >= 11 is 0. The molecule has 1 rings (SSSR count). The van der Waals surface area contributed by atoms with Gasteiger partial charge in [-0.2, -0.15) is 0 Å². The molecule has 0 N–H and O–H groups in total. The van der Waals surface area contributed by atoms with E-state index in [0.29, 0.717) is 18.8 Å². The highest BCUT2D eigenvalue weighted by Gasteiger charge is 2.52. The van der Waals surface area contributed by atoms with Crippen LogP contribution in [0.3, 0.4) is 0 Å². The molecule has 1 saturated heterocycles. The molecular weight excluding hydrogens is 175 g/mol. The maximum atomic E-state index is 2.47. The minimum atomic E-state index is 0.364. The van der Waals surface area contributed by atoms with E-state index < -0.39 is 0 Å². The Kier molecular flexibility index (Phi) is 2.86. The summed E-state index contributed by atoms with van der Waals surface area (Å²) < 4.78 is 0. The molecule has 0 radical (unpaired) electrons. The van der Waals surface area contributed by atoms with Gasteiger partial charge in [-0.25, -0.2) is 0 Å². The highest BCUT2D eigenvalue weighted by atomic mass is 31.1. The van der Waals surface area contributed by atoms with Crippen molar-refractivity contribution < 1.29 is 0 Å². The molecule has 0 amide bonds. The Labute approximate surface area is 85.2 Å². The predicted molar refractivity (Wildman–Crippen MR) is 63.9 cm³/mol. The fourth-order valence-electron chi connectivity index (χ4n) is 3.17. The van der Waals surface area contributed by atoms with Gasteiger partial charge in [-0.1, -0.05) is 41.5 Å². The molecular formula is C12H25P. The second-order valence-electron chi connectivity index (χ2n) is 6.58. The summed E-state index contributed by atoms with van der Waals surface area (Å²) in [5, 5.41) is 0. The van der Waals surface area contributed by atoms with Gasteiger partial charge in [-0.05, 0) is 35.2 Å². The van der Waals surface area contributed by atoms with Gasteiger partial charge in [0.05, 0.1) is 0 Å². The van der Waals surface area contributed by atoms with Crippen molar-refractivity contribution >= 4 is 7.92 Å². The lowest BCUT2D eigenvalue weighted by molar-refractivity contribution is 0.216. The van der Waals surface area contributed by atoms with E-state index in [9.17, 15) is 0 Å². The molecule has 0 aromatic heterocycles. The molecule has 1 aliphatic rings. The summed E-state index contributed by atoms with van der Waals surface area (Å²) in [5.41, 5.74) is 3.11. The Morgan fingerprint density at radius 1 is 1.08 bits per heavy atom. The minimum absolute atomic E-state index is 0.364. The molecule has 0 bridgehead atoms. The van der Waals surface area contributed by atoms with Crippen LogP contribution >= 0.6 is 7.92 Å². The van der Waals surface area contributed by atoms with Crippen LogP contribution in [0.4, 0.5) is 0 Å². The maximum Gasteiger partial charge on any atom is -0.00925 e. The minimum Gasteiger partial charge on any atom is -0.102 e. The molecule has 0 aromatic rings. The second kappa shape index (κ2) is 3.23. The van der Waals surface area contributed by atoms with Gasteiger partial charge in [0, 0.05) is 0 Å². The van der Waals surface area contributed by atoms with E-state index in [1.54, 1.807) is 0 Å². The highest BCUT2D eigenvalue weighted by molar-refractivity contribution is 7.66. The fraction of sp³-hybridized carbons (Fsp3) is 1.00. The van der Waals surface area contributed by atoms with E-state index in [2.05, 4.69) is 48.2 Å². The third kappa shape index (κ3) is 2.69. The number of hydrogen-bond donors (Lipinski definition) is 0. The molecule has 13 heavy (non-hydrogen) atoms. The lowest BCUT2D eigenvalue weighted by Gasteiger charge is -2.33. The Balaban J connectivity index is 2.58. The van der Waals surface area contributed by atoms with Gasteiger partial charge in [0.15, 0.2) is 0 Å². The molecule has 3 atom stereocenters. The average Bonchev–Trinajstić information content (AvgIpc) is 2.33. The van der Waals surface area contributed by atoms with Crippen molar-refractivity contribution in [2.45, 2.75) is 59.3 Å². The van der Waals surface area contributed by atoms with Gasteiger partial charge in [-0.15, -0.1) is 7.92 Å². The van der Waals surface area contributed by atoms with Crippen LogP contribution in [0.2, 0.25) is 0 Å². The first-order valence-electron chi connectivity index (χ1n) is 5.37. The summed E-state index contributed by atoms with van der Waals surface area (Å²) in [4.78, 5) is 0. The van der Waals surface area contributed by atoms with Gasteiger partial charge in [0.2, 0.25) is 0 Å². The smallest absolute Gasteiger partial charge is 0.00925 e. The molecule has 1 aliphatic heterocycles. The SMILES string of the molecule is CC1C(C(C)(C)CC(C)(C)C)P1C. The van der Waals surface area contributed by atoms with Crippen LogP contribution in [-0.2, 0) is 0 Å². The lowest BCUT2D eigenvalue weighted by atomic mass is 9.74. The zero-order chi connectivity index (χ0) is 10.4. The van der Waals surface area contributed by atoms with Crippen LogP contribution in [-0.4, -0.2) is 18.0 Å². The molecule has 0 saturated carbocycles. The first-order chi connectivity index (χ1) is 5.65. The van der Waals surface area contributed by atoms with Crippen molar-refractivity contribution in [3.63, 3.8) is 0 Å². The predicted octanol–water partition coefficient (Wildman–Crippen LogP) is 4.33. The summed E-state index contributed by atoms with van der Waals surface area (Å²) in [6.07, 6.45) is 1.36. The normalized spacial score (nSPS) is 34.8. The first-order valence-corrected chi connectivity index (χ1v) is 7.30. The average molecular weight is 200 g/mol. The second-order valence-corrected chi connectivity index (χ2v) is 9.28. The van der Waals surface area contributed by atoms with Crippen LogP contribution in [0.15, 0.2) is 0 Å². The third-order valence-electron chi connectivity index (χ3n) is 3.24. The van der Waals surface area contributed by atoms with Crippen LogP contribution in [0.5, 0.6) is 0 Å². The quantitative estimate of drug-likeness (QED) is 0.582. The molecule has 1 fully saturated rings. The van der Waals surface area contributed by atoms with Crippen molar-refractivity contribution in [3.05, 3.63) is 0 Å². The fourth-order valence-corrected chi connectivity index (χ4v) is 6.15. The molecule has 0 aliphatic carbocycles. The number of rotatable bonds is 2. The van der Waals surface area contributed by atoms with E-state index >= 15 is 0 Å². The number of hydrogen-bond acceptors (Lipinski definition) is 0. The van der Waals surface area contributed by atoms with Crippen molar-refractivity contribution in [3.8, 4) is 0 Å². The Hall–Kier alpha value is 0.430. The molecule has 0 spiro atoms. The van der Waals surface area contributed by atoms with E-state index in [1.807, 2.05) is 0 Å². The van der Waals surface area contributed by atoms with Crippen LogP contribution in [0.25, 0.3) is 0 Å². The summed E-state index contributed by atoms with van der Waals surface area (Å²) in [5.74, 6) is 0. The van der Waals surface area contributed by atoms with Gasteiger partial charge in [0.25, 0.3) is 0 Å². The molecule has 0 nitrogen and oxygen atoms in total. The van der Waals surface area contributed by atoms with E-state index in [0.717, 1.165) is 11.3 Å². The molecule has 1 heterocycles. The first kappa shape index (κ1) is 11.5. The summed E-state index contributed by atoms with van der Waals surface area (Å²) in [7, 11) is 0.364. The summed E-state index contributed by atoms with van der Waals surface area (Å²) in [6.45, 7) is 16.9. The van der Waals surface area contributed by atoms with Crippen LogP contribution < -0.4 is 0 Å². The van der Waals surface area contributed by atoms with Crippen molar-refractivity contribution in [2.75, 3.05) is 6.66 Å². The molecule has 78 valence electrons. The van der Waals surface area contributed by atoms with Gasteiger partial charge < -0.3 is 0 Å². The van der Waals surface area contributed by atoms with E-state index in [-0.39, 0.29) is 0 Å². The van der Waals surface area contributed by atoms with Gasteiger partial charge >= 0.3 is 0 Å². The Morgan fingerprint density at radius 3 is 1.69 bits per heavy atom. The van der Waals surface area contributed by atoms with Crippen molar-refractivity contribution in [1.29, 1.82) is 0 Å². The lowest BCUT2D eigenvalue weighted by Crippen LogP contribution is -2.26. The molecule has 1 heteroatoms. The molecule has 3 unspecified atom stereocenters. The van der Waals surface area contributed by atoms with Crippen LogP contribution in [0.1, 0.15) is 48.0 Å². The Morgan fingerprint density at radius 2 is 1.46 bits per heavy atom. The van der Waals surface area contributed by atoms with Gasteiger partial charge in [0.1, 0.15) is 0 Å². The van der Waals surface area contributed by atoms with Crippen molar-refractivity contribution in [1.82, 2.24) is 0 Å². The van der Waals surface area contributed by atoms with Gasteiger partial charge in [-0.3, -0.25) is 0 Å².